The summed E-state index contributed by atoms with van der Waals surface area (Å²) in [5.41, 5.74) is 3.17. The highest BCUT2D eigenvalue weighted by molar-refractivity contribution is 5.75. The van der Waals surface area contributed by atoms with Crippen LogP contribution in [0, 0.1) is 18.8 Å². The number of nitrogens with one attached hydrogen (secondary N) is 2. The molecule has 1 saturated heterocycles. The number of benzene rings is 1. The van der Waals surface area contributed by atoms with Gasteiger partial charge in [-0.05, 0) is 68.3 Å². The van der Waals surface area contributed by atoms with Crippen LogP contribution in [0.4, 0.5) is 4.79 Å². The number of rotatable bonds is 2. The van der Waals surface area contributed by atoms with Gasteiger partial charge in [0.25, 0.3) is 0 Å². The Kier molecular flexibility index (Phi) is 4.05. The number of piperazine rings is 1. The fourth-order valence-electron chi connectivity index (χ4n) is 7.05. The highest BCUT2D eigenvalue weighted by Crippen LogP contribution is 2.62. The molecule has 4 atom stereocenters. The van der Waals surface area contributed by atoms with Crippen molar-refractivity contribution in [3.05, 3.63) is 35.4 Å². The number of carbonyl (C=O) groups excluding carboxylic acids is 1. The van der Waals surface area contributed by atoms with Crippen molar-refractivity contribution in [2.75, 3.05) is 33.2 Å². The lowest BCUT2D eigenvalue weighted by molar-refractivity contribution is -0.883. The summed E-state index contributed by atoms with van der Waals surface area (Å²) in [7, 11) is 2.22. The van der Waals surface area contributed by atoms with Gasteiger partial charge in [-0.25, -0.2) is 4.79 Å². The lowest BCUT2D eigenvalue weighted by atomic mass is 9.45. The van der Waals surface area contributed by atoms with Crippen LogP contribution < -0.4 is 10.2 Å². The standard InChI is InChI=1S/C23H33N3O/c1-17-3-5-20(6-4-17)22-12-18-11-19(13-22)15-23(14-18,16-22)24-21(27)26-9-7-25(2)8-10-26/h3-6,18-19H,7-16H2,1-2H3,(H,24,27)/p+1/t18-,19+,22?,23?. The Morgan fingerprint density at radius 3 is 2.33 bits per heavy atom. The minimum Gasteiger partial charge on any atom is -0.334 e. The number of nitrogens with zero attached hydrogens (tertiary/aromatic N) is 1. The predicted octanol–water partition coefficient (Wildman–Crippen LogP) is 2.13. The molecule has 2 unspecified atom stereocenters. The van der Waals surface area contributed by atoms with Crippen LogP contribution in [0.15, 0.2) is 24.3 Å². The van der Waals surface area contributed by atoms with E-state index in [-0.39, 0.29) is 17.0 Å². The average molecular weight is 369 g/mol. The Balaban J connectivity index is 1.38. The molecule has 2 N–H and O–H groups in total. The first kappa shape index (κ1) is 17.5. The summed E-state index contributed by atoms with van der Waals surface area (Å²) in [4.78, 5) is 16.7. The molecular formula is C23H34N3O+. The van der Waals surface area contributed by atoms with E-state index in [1.165, 1.54) is 48.1 Å². The van der Waals surface area contributed by atoms with E-state index in [9.17, 15) is 4.79 Å². The second kappa shape index (κ2) is 6.23. The van der Waals surface area contributed by atoms with E-state index in [2.05, 4.69) is 48.5 Å². The number of likely N-dealkylation sites (N-methyl/N-ethyl adjacent to an activating group) is 1. The largest absolute Gasteiger partial charge is 0.334 e. The SMILES string of the molecule is Cc1ccc(C23C[C@@H]4C[C@@H](CC(NC(=O)N5CC[NH+](C)CC5)(C4)C2)C3)cc1. The fourth-order valence-corrected chi connectivity index (χ4v) is 7.05. The van der Waals surface area contributed by atoms with Gasteiger partial charge < -0.3 is 15.1 Å². The summed E-state index contributed by atoms with van der Waals surface area (Å²) in [6, 6.07) is 9.46. The van der Waals surface area contributed by atoms with E-state index in [1.807, 2.05) is 0 Å². The van der Waals surface area contributed by atoms with Crippen molar-refractivity contribution in [1.82, 2.24) is 10.2 Å². The smallest absolute Gasteiger partial charge is 0.318 e. The molecule has 1 aromatic rings. The minimum absolute atomic E-state index is 0.0300. The zero-order valence-electron chi connectivity index (χ0n) is 16.9. The van der Waals surface area contributed by atoms with Crippen LogP contribution in [-0.4, -0.2) is 49.7 Å². The van der Waals surface area contributed by atoms with Gasteiger partial charge in [0.05, 0.1) is 33.2 Å². The first-order valence-electron chi connectivity index (χ1n) is 10.9. The first-order valence-corrected chi connectivity index (χ1v) is 10.9. The van der Waals surface area contributed by atoms with Crippen molar-refractivity contribution >= 4 is 6.03 Å². The first-order chi connectivity index (χ1) is 13.0. The Bertz CT molecular complexity index is 706. The van der Waals surface area contributed by atoms with Gasteiger partial charge in [0.15, 0.2) is 0 Å². The highest BCUT2D eigenvalue weighted by Gasteiger charge is 2.58. The van der Waals surface area contributed by atoms with Crippen LogP contribution in [0.5, 0.6) is 0 Å². The Morgan fingerprint density at radius 2 is 1.70 bits per heavy atom. The molecule has 0 spiro atoms. The average Bonchev–Trinajstić information content (AvgIpc) is 2.61. The molecule has 0 aromatic heterocycles. The monoisotopic (exact) mass is 368 g/mol. The summed E-state index contributed by atoms with van der Waals surface area (Å²) in [5.74, 6) is 1.56. The van der Waals surface area contributed by atoms with Gasteiger partial charge in [0.1, 0.15) is 0 Å². The van der Waals surface area contributed by atoms with Crippen LogP contribution >= 0.6 is 0 Å². The normalized spacial score (nSPS) is 38.2. The molecular weight excluding hydrogens is 334 g/mol. The summed E-state index contributed by atoms with van der Waals surface area (Å²) in [5, 5.41) is 3.59. The number of amides is 2. The van der Waals surface area contributed by atoms with Crippen molar-refractivity contribution in [1.29, 1.82) is 0 Å². The molecule has 4 nitrogen and oxygen atoms in total. The number of carbonyl (C=O) groups is 1. The number of aryl methyl sites for hydroxylation is 1. The zero-order valence-corrected chi connectivity index (χ0v) is 16.9. The lowest BCUT2D eigenvalue weighted by Gasteiger charge is -2.62. The van der Waals surface area contributed by atoms with Crippen LogP contribution in [0.2, 0.25) is 0 Å². The second-order valence-corrected chi connectivity index (χ2v) is 10.3. The molecule has 1 heterocycles. The van der Waals surface area contributed by atoms with E-state index < -0.39 is 0 Å². The van der Waals surface area contributed by atoms with Gasteiger partial charge in [0.2, 0.25) is 0 Å². The summed E-state index contributed by atoms with van der Waals surface area (Å²) in [6.45, 7) is 6.09. The van der Waals surface area contributed by atoms with Gasteiger partial charge in [-0.3, -0.25) is 0 Å². The maximum absolute atomic E-state index is 13.1. The maximum Gasteiger partial charge on any atom is 0.318 e. The molecule has 5 fully saturated rings. The van der Waals surface area contributed by atoms with Crippen molar-refractivity contribution < 1.29 is 9.69 Å². The van der Waals surface area contributed by atoms with Crippen molar-refractivity contribution in [2.24, 2.45) is 11.8 Å². The molecule has 4 saturated carbocycles. The van der Waals surface area contributed by atoms with Crippen LogP contribution in [0.1, 0.15) is 49.7 Å². The third kappa shape index (κ3) is 3.06. The molecule has 27 heavy (non-hydrogen) atoms. The van der Waals surface area contributed by atoms with Gasteiger partial charge in [-0.1, -0.05) is 29.8 Å². The quantitative estimate of drug-likeness (QED) is 0.824. The van der Waals surface area contributed by atoms with E-state index >= 15 is 0 Å². The molecule has 5 aliphatic rings. The maximum atomic E-state index is 13.1. The lowest BCUT2D eigenvalue weighted by Crippen LogP contribution is -3.12. The number of quaternary nitrogens is 1. The molecule has 0 radical (unpaired) electrons. The van der Waals surface area contributed by atoms with Crippen LogP contribution in [-0.2, 0) is 5.41 Å². The third-order valence-electron chi connectivity index (χ3n) is 8.00. The van der Waals surface area contributed by atoms with E-state index in [0.29, 0.717) is 0 Å². The fraction of sp³-hybridized carbons (Fsp3) is 0.696. The predicted molar refractivity (Wildman–Crippen MR) is 107 cm³/mol. The Morgan fingerprint density at radius 1 is 1.07 bits per heavy atom. The molecule has 6 rings (SSSR count). The summed E-state index contributed by atoms with van der Waals surface area (Å²) in [6.07, 6.45) is 7.55. The highest BCUT2D eigenvalue weighted by atomic mass is 16.2. The summed E-state index contributed by atoms with van der Waals surface area (Å²) < 4.78 is 0. The summed E-state index contributed by atoms with van der Waals surface area (Å²) >= 11 is 0. The molecule has 4 bridgehead atoms. The van der Waals surface area contributed by atoms with Crippen LogP contribution in [0.25, 0.3) is 0 Å². The molecule has 146 valence electrons. The van der Waals surface area contributed by atoms with E-state index in [1.54, 1.807) is 0 Å². The number of hydrogen-bond acceptors (Lipinski definition) is 1. The number of hydrogen-bond donors (Lipinski definition) is 2. The van der Waals surface area contributed by atoms with Crippen molar-refractivity contribution in [3.8, 4) is 0 Å². The van der Waals surface area contributed by atoms with E-state index in [0.717, 1.165) is 44.4 Å². The van der Waals surface area contributed by atoms with Gasteiger partial charge in [-0.15, -0.1) is 0 Å². The topological polar surface area (TPSA) is 36.8 Å². The molecule has 4 aliphatic carbocycles. The molecule has 1 aromatic carbocycles. The molecule has 1 aliphatic heterocycles. The second-order valence-electron chi connectivity index (χ2n) is 10.3. The minimum atomic E-state index is 0.0300. The van der Waals surface area contributed by atoms with Gasteiger partial charge >= 0.3 is 6.03 Å². The number of urea groups is 1. The third-order valence-corrected chi connectivity index (χ3v) is 8.00. The van der Waals surface area contributed by atoms with E-state index in [4.69, 9.17) is 0 Å². The van der Waals surface area contributed by atoms with Crippen molar-refractivity contribution in [2.45, 2.75) is 56.4 Å². The zero-order chi connectivity index (χ0) is 18.6. The molecule has 2 amide bonds. The van der Waals surface area contributed by atoms with Gasteiger partial charge in [-0.2, -0.15) is 0 Å². The Labute approximate surface area is 163 Å². The van der Waals surface area contributed by atoms with Crippen LogP contribution in [0.3, 0.4) is 0 Å². The molecule has 4 heteroatoms. The van der Waals surface area contributed by atoms with Crippen molar-refractivity contribution in [3.63, 3.8) is 0 Å². The van der Waals surface area contributed by atoms with Gasteiger partial charge in [0, 0.05) is 5.54 Å². The Hall–Kier alpha value is -1.55.